The number of pyridine rings is 1. The zero-order valence-corrected chi connectivity index (χ0v) is 12.1. The van der Waals surface area contributed by atoms with E-state index in [1.165, 1.54) is 0 Å². The van der Waals surface area contributed by atoms with Crippen LogP contribution in [0.1, 0.15) is 26.7 Å². The maximum atomic E-state index is 5.71. The van der Waals surface area contributed by atoms with E-state index >= 15 is 0 Å². The van der Waals surface area contributed by atoms with Crippen molar-refractivity contribution in [1.82, 2.24) is 4.98 Å². The van der Waals surface area contributed by atoms with E-state index in [-0.39, 0.29) is 0 Å². The summed E-state index contributed by atoms with van der Waals surface area (Å²) in [6.45, 7) is 5.02. The Morgan fingerprint density at radius 3 is 2.76 bits per heavy atom. The highest BCUT2D eigenvalue weighted by Gasteiger charge is 2.10. The Morgan fingerprint density at radius 1 is 1.47 bits per heavy atom. The molecule has 0 radical (unpaired) electrons. The van der Waals surface area contributed by atoms with E-state index in [9.17, 15) is 0 Å². The molecule has 1 rings (SSSR count). The van der Waals surface area contributed by atoms with Crippen LogP contribution in [0, 0.1) is 5.92 Å². The molecule has 4 nitrogen and oxygen atoms in total. The van der Waals surface area contributed by atoms with Crippen molar-refractivity contribution in [2.24, 2.45) is 5.92 Å². The number of hydrogen-bond acceptors (Lipinski definition) is 4. The third-order valence-electron chi connectivity index (χ3n) is 2.32. The third kappa shape index (κ3) is 4.42. The van der Waals surface area contributed by atoms with Crippen molar-refractivity contribution in [1.29, 1.82) is 0 Å². The average Bonchev–Trinajstić information content (AvgIpc) is 2.28. The van der Waals surface area contributed by atoms with Crippen molar-refractivity contribution in [2.45, 2.75) is 26.7 Å². The molecule has 0 atom stereocenters. The van der Waals surface area contributed by atoms with Crippen LogP contribution in [-0.4, -0.2) is 18.7 Å². The van der Waals surface area contributed by atoms with E-state index in [0.717, 1.165) is 12.8 Å². The van der Waals surface area contributed by atoms with E-state index in [1.54, 1.807) is 13.2 Å². The number of hydrogen-bond donors (Lipinski definition) is 1. The minimum Gasteiger partial charge on any atom is -0.491 e. The second-order valence-corrected chi connectivity index (χ2v) is 5.01. The van der Waals surface area contributed by atoms with Gasteiger partial charge in [0.1, 0.15) is 4.60 Å². The summed E-state index contributed by atoms with van der Waals surface area (Å²) in [4.78, 5) is 4.20. The summed E-state index contributed by atoms with van der Waals surface area (Å²) in [5, 5.41) is 0. The molecule has 1 heterocycles. The van der Waals surface area contributed by atoms with E-state index in [0.29, 0.717) is 34.4 Å². The number of anilines is 1. The van der Waals surface area contributed by atoms with Gasteiger partial charge < -0.3 is 15.2 Å². The molecule has 1 aromatic heterocycles. The third-order valence-corrected chi connectivity index (χ3v) is 2.95. The van der Waals surface area contributed by atoms with Crippen LogP contribution in [0.15, 0.2) is 10.7 Å². The van der Waals surface area contributed by atoms with Crippen molar-refractivity contribution in [2.75, 3.05) is 19.5 Å². The van der Waals surface area contributed by atoms with Crippen molar-refractivity contribution in [3.05, 3.63) is 10.7 Å². The minimum absolute atomic E-state index is 0.484. The number of methoxy groups -OCH3 is 1. The molecule has 0 aliphatic carbocycles. The highest BCUT2D eigenvalue weighted by molar-refractivity contribution is 9.10. The van der Waals surface area contributed by atoms with E-state index in [2.05, 4.69) is 34.8 Å². The first-order valence-corrected chi connectivity index (χ1v) is 6.46. The lowest BCUT2D eigenvalue weighted by atomic mass is 10.1. The zero-order valence-electron chi connectivity index (χ0n) is 10.5. The number of aromatic nitrogens is 1. The van der Waals surface area contributed by atoms with Crippen molar-refractivity contribution >= 4 is 21.6 Å². The predicted molar refractivity (Wildman–Crippen MR) is 72.5 cm³/mol. The second-order valence-electron chi connectivity index (χ2n) is 4.26. The lowest BCUT2D eigenvalue weighted by Gasteiger charge is -2.11. The van der Waals surface area contributed by atoms with Crippen LogP contribution < -0.4 is 15.2 Å². The first-order valence-electron chi connectivity index (χ1n) is 5.67. The van der Waals surface area contributed by atoms with E-state index < -0.39 is 0 Å². The smallest absolute Gasteiger partial charge is 0.258 e. The number of ether oxygens (including phenoxy) is 2. The van der Waals surface area contributed by atoms with Gasteiger partial charge in [-0.1, -0.05) is 13.8 Å². The summed E-state index contributed by atoms with van der Waals surface area (Å²) in [6, 6.07) is 1.70. The molecule has 17 heavy (non-hydrogen) atoms. The number of nitrogen functional groups attached to an aromatic ring is 1. The summed E-state index contributed by atoms with van der Waals surface area (Å²) in [7, 11) is 1.57. The van der Waals surface area contributed by atoms with Crippen LogP contribution in [0.5, 0.6) is 11.6 Å². The molecule has 1 aromatic rings. The Kier molecular flexibility index (Phi) is 5.55. The Labute approximate surface area is 111 Å². The molecule has 0 aliphatic heterocycles. The summed E-state index contributed by atoms with van der Waals surface area (Å²) in [5.41, 5.74) is 6.25. The molecule has 0 spiro atoms. The van der Waals surface area contributed by atoms with Crippen LogP contribution in [0.3, 0.4) is 0 Å². The topological polar surface area (TPSA) is 57.4 Å². The highest BCUT2D eigenvalue weighted by atomic mass is 79.9. The normalized spacial score (nSPS) is 10.6. The fourth-order valence-electron chi connectivity index (χ4n) is 1.38. The van der Waals surface area contributed by atoms with Gasteiger partial charge in [0.2, 0.25) is 0 Å². The molecule has 0 saturated heterocycles. The van der Waals surface area contributed by atoms with Gasteiger partial charge in [-0.25, -0.2) is 4.98 Å². The molecule has 0 unspecified atom stereocenters. The van der Waals surface area contributed by atoms with Gasteiger partial charge in [0, 0.05) is 6.07 Å². The summed E-state index contributed by atoms with van der Waals surface area (Å²) >= 11 is 3.27. The number of nitrogens with zero attached hydrogens (tertiary/aromatic N) is 1. The summed E-state index contributed by atoms with van der Waals surface area (Å²) < 4.78 is 11.3. The fraction of sp³-hybridized carbons (Fsp3) is 0.583. The molecule has 0 aliphatic rings. The number of nitrogens with two attached hydrogens (primary N) is 1. The molecule has 0 amide bonds. The summed E-state index contributed by atoms with van der Waals surface area (Å²) in [6.07, 6.45) is 2.14. The van der Waals surface area contributed by atoms with Gasteiger partial charge >= 0.3 is 0 Å². The van der Waals surface area contributed by atoms with Crippen molar-refractivity contribution in [3.8, 4) is 11.6 Å². The lowest BCUT2D eigenvalue weighted by molar-refractivity contribution is 0.268. The first-order chi connectivity index (χ1) is 8.04. The van der Waals surface area contributed by atoms with Gasteiger partial charge in [-0.15, -0.1) is 0 Å². The Balaban J connectivity index is 2.60. The molecule has 0 aromatic carbocycles. The standard InChI is InChI=1S/C12H19BrN2O2/c1-8(2)5-4-6-17-12-10(16-3)7-9(14)11(13)15-12/h7-8H,4-6,14H2,1-3H3. The average molecular weight is 303 g/mol. The minimum atomic E-state index is 0.484. The maximum absolute atomic E-state index is 5.71. The largest absolute Gasteiger partial charge is 0.491 e. The second kappa shape index (κ2) is 6.69. The van der Waals surface area contributed by atoms with Gasteiger partial charge in [-0.05, 0) is 34.7 Å². The molecule has 0 bridgehead atoms. The molecule has 2 N–H and O–H groups in total. The number of halogens is 1. The Bertz CT molecular complexity index is 370. The Morgan fingerprint density at radius 2 is 2.18 bits per heavy atom. The highest BCUT2D eigenvalue weighted by Crippen LogP contribution is 2.31. The molecule has 0 fully saturated rings. The first kappa shape index (κ1) is 14.1. The van der Waals surface area contributed by atoms with Gasteiger partial charge in [0.25, 0.3) is 5.88 Å². The number of rotatable bonds is 6. The quantitative estimate of drug-likeness (QED) is 0.647. The lowest BCUT2D eigenvalue weighted by Crippen LogP contribution is -2.04. The monoisotopic (exact) mass is 302 g/mol. The van der Waals surface area contributed by atoms with Crippen molar-refractivity contribution < 1.29 is 9.47 Å². The molecular weight excluding hydrogens is 284 g/mol. The van der Waals surface area contributed by atoms with Crippen LogP contribution in [0.2, 0.25) is 0 Å². The zero-order chi connectivity index (χ0) is 12.8. The van der Waals surface area contributed by atoms with Crippen LogP contribution in [0.25, 0.3) is 0 Å². The van der Waals surface area contributed by atoms with E-state index in [4.69, 9.17) is 15.2 Å². The predicted octanol–water partition coefficient (Wildman–Crippen LogP) is 3.25. The van der Waals surface area contributed by atoms with Gasteiger partial charge in [0.05, 0.1) is 19.4 Å². The molecular formula is C12H19BrN2O2. The van der Waals surface area contributed by atoms with Gasteiger partial charge in [-0.3, -0.25) is 0 Å². The van der Waals surface area contributed by atoms with Crippen LogP contribution in [0.4, 0.5) is 5.69 Å². The van der Waals surface area contributed by atoms with E-state index in [1.807, 2.05) is 0 Å². The molecule has 5 heteroatoms. The maximum Gasteiger partial charge on any atom is 0.258 e. The SMILES string of the molecule is COc1cc(N)c(Br)nc1OCCCC(C)C. The Hall–Kier alpha value is -0.970. The molecule has 96 valence electrons. The van der Waals surface area contributed by atoms with Gasteiger partial charge in [-0.2, -0.15) is 0 Å². The van der Waals surface area contributed by atoms with Crippen LogP contribution >= 0.6 is 15.9 Å². The molecule has 0 saturated carbocycles. The summed E-state index contributed by atoms with van der Waals surface area (Å²) in [5.74, 6) is 1.74. The van der Waals surface area contributed by atoms with Gasteiger partial charge in [0.15, 0.2) is 5.75 Å². The van der Waals surface area contributed by atoms with Crippen molar-refractivity contribution in [3.63, 3.8) is 0 Å². The van der Waals surface area contributed by atoms with Crippen LogP contribution in [-0.2, 0) is 0 Å². The fourth-order valence-corrected chi connectivity index (χ4v) is 1.66.